The third-order valence-corrected chi connectivity index (χ3v) is 3.55. The van der Waals surface area contributed by atoms with Crippen LogP contribution in [0.2, 0.25) is 0 Å². The van der Waals surface area contributed by atoms with Crippen LogP contribution < -0.4 is 15.8 Å². The van der Waals surface area contributed by atoms with E-state index in [1.54, 1.807) is 19.1 Å². The Hall–Kier alpha value is -2.96. The molecule has 0 bridgehead atoms. The summed E-state index contributed by atoms with van der Waals surface area (Å²) in [5.41, 5.74) is 5.41. The van der Waals surface area contributed by atoms with Gasteiger partial charge >= 0.3 is 0 Å². The van der Waals surface area contributed by atoms with Gasteiger partial charge in [-0.25, -0.2) is 8.78 Å². The lowest BCUT2D eigenvalue weighted by Gasteiger charge is -2.19. The summed E-state index contributed by atoms with van der Waals surface area (Å²) in [7, 11) is 0. The van der Waals surface area contributed by atoms with Gasteiger partial charge in [-0.1, -0.05) is 25.1 Å². The van der Waals surface area contributed by atoms with Crippen LogP contribution in [0.4, 0.5) is 8.78 Å². The first-order valence-corrected chi connectivity index (χ1v) is 7.68. The van der Waals surface area contributed by atoms with Crippen LogP contribution in [0.5, 0.6) is 5.75 Å². The van der Waals surface area contributed by atoms with E-state index in [-0.39, 0.29) is 23.5 Å². The van der Waals surface area contributed by atoms with Crippen molar-refractivity contribution in [2.45, 2.75) is 19.4 Å². The molecule has 0 aromatic heterocycles. The average Bonchev–Trinajstić information content (AvgIpc) is 2.58. The van der Waals surface area contributed by atoms with E-state index in [4.69, 9.17) is 10.5 Å². The summed E-state index contributed by atoms with van der Waals surface area (Å²) >= 11 is 0. The van der Waals surface area contributed by atoms with Gasteiger partial charge in [-0.3, -0.25) is 9.59 Å². The van der Waals surface area contributed by atoms with Gasteiger partial charge in [0.25, 0.3) is 11.8 Å². The largest absolute Gasteiger partial charge is 0.483 e. The minimum absolute atomic E-state index is 0.185. The van der Waals surface area contributed by atoms with Gasteiger partial charge in [0.1, 0.15) is 17.4 Å². The average molecular weight is 348 g/mol. The van der Waals surface area contributed by atoms with Crippen LogP contribution in [0, 0.1) is 11.6 Å². The summed E-state index contributed by atoms with van der Waals surface area (Å²) in [6.07, 6.45) is 0.401. The summed E-state index contributed by atoms with van der Waals surface area (Å²) in [4.78, 5) is 23.4. The number of amides is 2. The smallest absolute Gasteiger partial charge is 0.255 e. The lowest BCUT2D eigenvalue weighted by atomic mass is 10.0. The van der Waals surface area contributed by atoms with Crippen LogP contribution in [0.15, 0.2) is 42.5 Å². The normalized spacial score (nSPS) is 11.6. The van der Waals surface area contributed by atoms with E-state index >= 15 is 0 Å². The molecule has 0 aliphatic rings. The molecule has 2 aromatic carbocycles. The van der Waals surface area contributed by atoms with E-state index in [9.17, 15) is 18.4 Å². The number of carbonyl (C=O) groups excluding carboxylic acids is 2. The van der Waals surface area contributed by atoms with Crippen LogP contribution in [-0.4, -0.2) is 18.4 Å². The molecule has 0 aliphatic carbocycles. The molecule has 7 heteroatoms. The lowest BCUT2D eigenvalue weighted by Crippen LogP contribution is -2.29. The number of rotatable bonds is 7. The zero-order valence-electron chi connectivity index (χ0n) is 13.6. The minimum Gasteiger partial charge on any atom is -0.483 e. The molecule has 3 N–H and O–H groups in total. The maximum absolute atomic E-state index is 14.0. The van der Waals surface area contributed by atoms with Crippen LogP contribution in [0.1, 0.15) is 35.3 Å². The number of nitrogens with two attached hydrogens (primary N) is 1. The lowest BCUT2D eigenvalue weighted by molar-refractivity contribution is -0.119. The number of hydrogen-bond acceptors (Lipinski definition) is 3. The fourth-order valence-corrected chi connectivity index (χ4v) is 2.35. The van der Waals surface area contributed by atoms with Gasteiger partial charge < -0.3 is 15.8 Å². The summed E-state index contributed by atoms with van der Waals surface area (Å²) in [6.45, 7) is 1.40. The number of nitrogens with one attached hydrogen (secondary N) is 1. The van der Waals surface area contributed by atoms with Crippen molar-refractivity contribution in [3.05, 3.63) is 65.2 Å². The van der Waals surface area contributed by atoms with Crippen molar-refractivity contribution in [3.63, 3.8) is 0 Å². The van der Waals surface area contributed by atoms with Gasteiger partial charge in [0.05, 0.1) is 11.6 Å². The van der Waals surface area contributed by atoms with Crippen molar-refractivity contribution < 1.29 is 23.1 Å². The first kappa shape index (κ1) is 18.4. The number of hydrogen-bond donors (Lipinski definition) is 2. The number of halogens is 2. The third-order valence-electron chi connectivity index (χ3n) is 3.55. The highest BCUT2D eigenvalue weighted by Gasteiger charge is 2.20. The van der Waals surface area contributed by atoms with E-state index in [1.807, 2.05) is 0 Å². The van der Waals surface area contributed by atoms with Gasteiger partial charge in [0, 0.05) is 11.6 Å². The molecule has 1 unspecified atom stereocenters. The molecule has 0 saturated carbocycles. The molecule has 1 atom stereocenters. The van der Waals surface area contributed by atoms with E-state index in [1.165, 1.54) is 18.2 Å². The molecule has 0 radical (unpaired) electrons. The molecule has 0 heterocycles. The zero-order chi connectivity index (χ0) is 18.4. The van der Waals surface area contributed by atoms with E-state index in [0.29, 0.717) is 6.42 Å². The number of ether oxygens (including phenoxy) is 1. The van der Waals surface area contributed by atoms with Gasteiger partial charge in [-0.15, -0.1) is 0 Å². The fourth-order valence-electron chi connectivity index (χ4n) is 2.35. The summed E-state index contributed by atoms with van der Waals surface area (Å²) in [5, 5.41) is 2.69. The first-order chi connectivity index (χ1) is 11.9. The van der Waals surface area contributed by atoms with E-state index in [2.05, 4.69) is 5.32 Å². The summed E-state index contributed by atoms with van der Waals surface area (Å²) in [5.74, 6) is -2.41. The quantitative estimate of drug-likeness (QED) is 0.807. The van der Waals surface area contributed by atoms with Gasteiger partial charge in [-0.2, -0.15) is 0 Å². The van der Waals surface area contributed by atoms with Gasteiger partial charge in [-0.05, 0) is 24.6 Å². The Morgan fingerprint density at radius 1 is 1.20 bits per heavy atom. The predicted molar refractivity (Wildman–Crippen MR) is 88.0 cm³/mol. The molecular weight excluding hydrogens is 330 g/mol. The highest BCUT2D eigenvalue weighted by atomic mass is 19.1. The van der Waals surface area contributed by atoms with Gasteiger partial charge in [0.2, 0.25) is 0 Å². The second-order valence-electron chi connectivity index (χ2n) is 5.35. The molecule has 25 heavy (non-hydrogen) atoms. The van der Waals surface area contributed by atoms with E-state index < -0.39 is 29.5 Å². The maximum atomic E-state index is 14.0. The van der Waals surface area contributed by atoms with Crippen LogP contribution in [-0.2, 0) is 4.79 Å². The molecule has 132 valence electrons. The van der Waals surface area contributed by atoms with Crippen molar-refractivity contribution in [2.75, 3.05) is 6.61 Å². The molecule has 2 amide bonds. The highest BCUT2D eigenvalue weighted by molar-refractivity contribution is 5.97. The fraction of sp³-hybridized carbons (Fsp3) is 0.222. The molecule has 0 aliphatic heterocycles. The second kappa shape index (κ2) is 8.23. The molecule has 0 fully saturated rings. The number of para-hydroxylation sites is 1. The van der Waals surface area contributed by atoms with Crippen molar-refractivity contribution in [1.82, 2.24) is 5.32 Å². The Balaban J connectivity index is 2.21. The van der Waals surface area contributed by atoms with Crippen LogP contribution in [0.3, 0.4) is 0 Å². The number of carbonyl (C=O) groups is 2. The molecule has 0 spiro atoms. The first-order valence-electron chi connectivity index (χ1n) is 7.68. The van der Waals surface area contributed by atoms with E-state index in [0.717, 1.165) is 12.1 Å². The van der Waals surface area contributed by atoms with Crippen LogP contribution >= 0.6 is 0 Å². The Labute approximate surface area is 143 Å². The Kier molecular flexibility index (Phi) is 6.05. The summed E-state index contributed by atoms with van der Waals surface area (Å²) < 4.78 is 32.2. The molecule has 0 saturated heterocycles. The maximum Gasteiger partial charge on any atom is 0.255 e. The van der Waals surface area contributed by atoms with Crippen molar-refractivity contribution in [3.8, 4) is 5.75 Å². The number of benzene rings is 2. The Morgan fingerprint density at radius 3 is 2.56 bits per heavy atom. The Morgan fingerprint density at radius 2 is 1.92 bits per heavy atom. The minimum atomic E-state index is -0.731. The SMILES string of the molecule is CCC(NC(=O)c1ccccc1OCC(N)=O)c1ccc(F)cc1F. The monoisotopic (exact) mass is 348 g/mol. The van der Waals surface area contributed by atoms with Gasteiger partial charge in [0.15, 0.2) is 6.61 Å². The van der Waals surface area contributed by atoms with Crippen LogP contribution in [0.25, 0.3) is 0 Å². The molecular formula is C18H18F2N2O3. The standard InChI is InChI=1S/C18H18F2N2O3/c1-2-15(12-8-7-11(19)9-14(12)20)22-18(24)13-5-3-4-6-16(13)25-10-17(21)23/h3-9,15H,2,10H2,1H3,(H2,21,23)(H,22,24). The molecule has 5 nitrogen and oxygen atoms in total. The highest BCUT2D eigenvalue weighted by Crippen LogP contribution is 2.23. The Bertz CT molecular complexity index is 781. The number of primary amides is 1. The predicted octanol–water partition coefficient (Wildman–Crippen LogP) is 2.71. The zero-order valence-corrected chi connectivity index (χ0v) is 13.6. The third kappa shape index (κ3) is 4.76. The second-order valence-corrected chi connectivity index (χ2v) is 5.35. The topological polar surface area (TPSA) is 81.4 Å². The van der Waals surface area contributed by atoms with Crippen molar-refractivity contribution in [2.24, 2.45) is 5.73 Å². The molecule has 2 aromatic rings. The summed E-state index contributed by atoms with van der Waals surface area (Å²) in [6, 6.07) is 8.88. The molecule has 2 rings (SSSR count). The van der Waals surface area contributed by atoms with Crippen molar-refractivity contribution >= 4 is 11.8 Å². The van der Waals surface area contributed by atoms with Crippen molar-refractivity contribution in [1.29, 1.82) is 0 Å².